The van der Waals surface area contributed by atoms with Crippen LogP contribution in [0.2, 0.25) is 5.02 Å². The third kappa shape index (κ3) is 21.1. The highest BCUT2D eigenvalue weighted by Crippen LogP contribution is 2.30. The Bertz CT molecular complexity index is 3700. The third-order valence-electron chi connectivity index (χ3n) is 7.84. The summed E-state index contributed by atoms with van der Waals surface area (Å²) in [4.78, 5) is 19.6. The van der Waals surface area contributed by atoms with Crippen molar-refractivity contribution in [2.24, 2.45) is 0 Å². The second-order valence-electron chi connectivity index (χ2n) is 11.6. The molecule has 0 N–H and O–H groups in total. The average Bonchev–Trinajstić information content (AvgIpc) is 3.39. The SMILES string of the molecule is Clc1ccc(-c2ccc(-c3nc(-c4cccc(-c5ccccc5)c4)nc(-c4cccc(-c5ccccc5)c4)n3)cn2)cc1.S=S=S=S=S=S=S=S=S=S=S=S=S=S=S=S=S=S=S=S=S=S=S=S. The van der Waals surface area contributed by atoms with E-state index in [1.54, 1.807) is 142 Å². The van der Waals surface area contributed by atoms with Crippen LogP contribution in [0.25, 0.3) is 67.7 Å². The minimum absolute atomic E-state index is 0.561. The van der Waals surface area contributed by atoms with Gasteiger partial charge in [-0.15, -0.1) is 0 Å². The molecule has 4 nitrogen and oxygen atoms in total. The van der Waals surface area contributed by atoms with Crippen molar-refractivity contribution >= 4 is 229 Å². The van der Waals surface area contributed by atoms with E-state index in [9.17, 15) is 0 Å². The normalized spacial score (nSPS) is 9.69. The van der Waals surface area contributed by atoms with Gasteiger partial charge in [0.2, 0.25) is 0 Å². The van der Waals surface area contributed by atoms with E-state index in [0.717, 1.165) is 50.2 Å². The van der Waals surface area contributed by atoms with Gasteiger partial charge in [0, 0.05) is 251 Å². The molecule has 0 saturated heterocycles. The van der Waals surface area contributed by atoms with E-state index < -0.39 is 0 Å². The number of hydrogen-bond donors (Lipinski definition) is 0. The molecule has 0 aliphatic carbocycles. The van der Waals surface area contributed by atoms with E-state index in [4.69, 9.17) is 53.9 Å². The zero-order valence-electron chi connectivity index (χ0n) is 32.9. The fourth-order valence-electron chi connectivity index (χ4n) is 5.24. The first-order valence-corrected chi connectivity index (χ1v) is 48.9. The molecular formula is C38H25ClN4S24. The Morgan fingerprint density at radius 1 is 0.299 bits per heavy atom. The highest BCUT2D eigenvalue weighted by atomic mass is 35.5. The van der Waals surface area contributed by atoms with E-state index >= 15 is 0 Å². The smallest absolute Gasteiger partial charge is 0.165 e. The zero-order chi connectivity index (χ0) is 46.6. The highest BCUT2D eigenvalue weighted by Gasteiger charge is 2.14. The molecule has 2 aromatic heterocycles. The van der Waals surface area contributed by atoms with Crippen molar-refractivity contribution in [1.82, 2.24) is 19.9 Å². The Kier molecular flexibility index (Phi) is 28.7. The highest BCUT2D eigenvalue weighted by molar-refractivity contribution is 8.79. The lowest BCUT2D eigenvalue weighted by molar-refractivity contribution is 1.07. The number of aromatic nitrogens is 4. The number of nitrogens with zero attached hydrogens (tertiary/aromatic N) is 4. The van der Waals surface area contributed by atoms with Gasteiger partial charge in [-0.2, -0.15) is 0 Å². The van der Waals surface area contributed by atoms with Crippen molar-refractivity contribution in [2.45, 2.75) is 0 Å². The maximum absolute atomic E-state index is 6.08. The van der Waals surface area contributed by atoms with Crippen LogP contribution in [-0.2, 0) is 218 Å². The molecule has 0 amide bonds. The lowest BCUT2D eigenvalue weighted by Crippen LogP contribution is -2.01. The average molecular weight is 1340 g/mol. The molecule has 67 heavy (non-hydrogen) atoms. The van der Waals surface area contributed by atoms with Crippen LogP contribution in [-0.4, -0.2) is 19.9 Å². The second-order valence-corrected chi connectivity index (χ2v) is 51.0. The van der Waals surface area contributed by atoms with E-state index in [-0.39, 0.29) is 0 Å². The minimum atomic E-state index is 0.561. The summed E-state index contributed by atoms with van der Waals surface area (Å²) >= 11 is 15.6. The monoisotopic (exact) mass is 1340 g/mol. The Morgan fingerprint density at radius 2 is 0.627 bits per heavy atom. The van der Waals surface area contributed by atoms with Crippen LogP contribution in [0.1, 0.15) is 0 Å². The number of halogens is 1. The van der Waals surface area contributed by atoms with E-state index in [1.807, 2.05) is 139 Å². The van der Waals surface area contributed by atoms with Gasteiger partial charge < -0.3 is 0 Å². The molecule has 0 radical (unpaired) electrons. The Hall–Kier alpha value is -0.170. The molecule has 2 heterocycles. The van der Waals surface area contributed by atoms with Gasteiger partial charge >= 0.3 is 0 Å². The Labute approximate surface area is 465 Å². The molecule has 0 atom stereocenters. The number of rotatable bonds is 6. The second kappa shape index (κ2) is 34.3. The van der Waals surface area contributed by atoms with Crippen LogP contribution in [0.5, 0.6) is 0 Å². The molecule has 7 aromatic rings. The van der Waals surface area contributed by atoms with Crippen LogP contribution >= 0.6 is 11.6 Å². The number of benzene rings is 5. The fraction of sp³-hybridized carbons (Fsp3) is 0. The molecule has 348 valence electrons. The van der Waals surface area contributed by atoms with Crippen LogP contribution < -0.4 is 0 Å². The zero-order valence-corrected chi connectivity index (χ0v) is 53.3. The molecule has 7 rings (SSSR count). The van der Waals surface area contributed by atoms with Gasteiger partial charge in [-0.05, 0) is 58.7 Å². The van der Waals surface area contributed by atoms with Gasteiger partial charge in [-0.3, -0.25) is 4.98 Å². The first-order chi connectivity index (χ1) is 33.1. The van der Waals surface area contributed by atoms with E-state index in [1.165, 1.54) is 17.8 Å². The topological polar surface area (TPSA) is 51.6 Å². The molecule has 0 aliphatic rings. The van der Waals surface area contributed by atoms with Gasteiger partial charge in [0.25, 0.3) is 0 Å². The molecule has 29 heteroatoms. The summed E-state index contributed by atoms with van der Waals surface area (Å²) in [5.41, 5.74) is 8.94. The van der Waals surface area contributed by atoms with Gasteiger partial charge in [0.05, 0.1) is 5.69 Å². The van der Waals surface area contributed by atoms with E-state index in [0.29, 0.717) is 22.5 Å². The molecule has 0 unspecified atom stereocenters. The summed E-state index contributed by atoms with van der Waals surface area (Å²) in [5, 5.41) is 0.693. The van der Waals surface area contributed by atoms with Crippen LogP contribution in [0.3, 0.4) is 0 Å². The minimum Gasteiger partial charge on any atom is -0.255 e. The summed E-state index contributed by atoms with van der Waals surface area (Å²) < 4.78 is 0. The molecule has 0 spiro atoms. The fourth-order valence-corrected chi connectivity index (χ4v) is 60.3. The lowest BCUT2D eigenvalue weighted by Gasteiger charge is -2.11. The predicted octanol–water partition coefficient (Wildman–Crippen LogP) is 9.86. The van der Waals surface area contributed by atoms with Crippen LogP contribution in [0, 0.1) is 0 Å². The maximum Gasteiger partial charge on any atom is 0.165 e. The summed E-state index contributed by atoms with van der Waals surface area (Å²) in [6, 6.07) is 48.9. The molecule has 0 fully saturated rings. The molecule has 0 aliphatic heterocycles. The lowest BCUT2D eigenvalue weighted by atomic mass is 10.0. The first-order valence-electron chi connectivity index (χ1n) is 17.8. The summed E-state index contributed by atoms with van der Waals surface area (Å²) in [6.07, 6.45) is 1.81. The molecular weight excluding hydrogens is 1320 g/mol. The van der Waals surface area contributed by atoms with Crippen molar-refractivity contribution in [3.63, 3.8) is 0 Å². The Balaban J connectivity index is 0.000000265. The van der Waals surface area contributed by atoms with Gasteiger partial charge in [0.15, 0.2) is 17.5 Å². The van der Waals surface area contributed by atoms with Crippen molar-refractivity contribution in [3.05, 3.63) is 157 Å². The molecule has 0 saturated carbocycles. The largest absolute Gasteiger partial charge is 0.255 e. The van der Waals surface area contributed by atoms with Gasteiger partial charge in [-0.25, -0.2) is 15.0 Å². The predicted molar refractivity (Wildman–Crippen MR) is 352 cm³/mol. The maximum atomic E-state index is 6.08. The summed E-state index contributed by atoms with van der Waals surface area (Å²) in [7, 11) is 38.1. The molecule has 0 bridgehead atoms. The van der Waals surface area contributed by atoms with Crippen LogP contribution in [0.15, 0.2) is 152 Å². The van der Waals surface area contributed by atoms with E-state index in [2.05, 4.69) is 48.5 Å². The third-order valence-corrected chi connectivity index (χ3v) is 54.8. The van der Waals surface area contributed by atoms with Gasteiger partial charge in [0.1, 0.15) is 0 Å². The standard InChI is InChI=1S/C38H25ClN4.S24/c39-34-20-17-28(18-21-34)35-22-19-33(25-40-35)38-42-36(31-15-7-13-29(23-31)26-9-3-1-4-10-26)41-37(43-38)32-16-8-14-30(24-32)27-11-5-2-6-12-27;1-3-5-7-9-11-13-15-17-19-21-23-24-22-20-18-16-14-12-10-8-6-4-2/h1-25H;. The number of pyridine rings is 1. The quantitative estimate of drug-likeness (QED) is 0.166. The van der Waals surface area contributed by atoms with Gasteiger partial charge in [-0.1, -0.05) is 121 Å². The van der Waals surface area contributed by atoms with Crippen molar-refractivity contribution in [1.29, 1.82) is 0 Å². The summed E-state index contributed by atoms with van der Waals surface area (Å²) in [5.74, 6) is 1.76. The number of hydrogen-bond acceptors (Lipinski definition) is 6. The molecule has 5 aromatic carbocycles. The van der Waals surface area contributed by atoms with Crippen molar-refractivity contribution < 1.29 is 0 Å². The Morgan fingerprint density at radius 3 is 0.985 bits per heavy atom. The van der Waals surface area contributed by atoms with Crippen molar-refractivity contribution in [2.75, 3.05) is 0 Å². The van der Waals surface area contributed by atoms with Crippen LogP contribution in [0.4, 0.5) is 0 Å². The first kappa shape index (κ1) is 56.1. The van der Waals surface area contributed by atoms with Crippen molar-refractivity contribution in [3.8, 4) is 67.7 Å². The summed E-state index contributed by atoms with van der Waals surface area (Å²) in [6.45, 7) is 0.